The van der Waals surface area contributed by atoms with Gasteiger partial charge in [-0.25, -0.2) is 0 Å². The van der Waals surface area contributed by atoms with Crippen molar-refractivity contribution in [3.63, 3.8) is 0 Å². The van der Waals surface area contributed by atoms with Crippen LogP contribution >= 0.6 is 12.4 Å². The maximum Gasteiger partial charge on any atom is 0.239 e. The van der Waals surface area contributed by atoms with Gasteiger partial charge >= 0.3 is 0 Å². The molecule has 0 spiro atoms. The highest BCUT2D eigenvalue weighted by Gasteiger charge is 2.26. The first-order chi connectivity index (χ1) is 7.27. The van der Waals surface area contributed by atoms with Crippen LogP contribution in [0.4, 0.5) is 0 Å². The van der Waals surface area contributed by atoms with Gasteiger partial charge in [0.05, 0.1) is 6.04 Å². The molecule has 0 aromatic carbocycles. The zero-order chi connectivity index (χ0) is 10.7. The number of halogens is 1. The Morgan fingerprint density at radius 2 is 1.94 bits per heavy atom. The average Bonchev–Trinajstić information content (AvgIpc) is 2.88. The third-order valence-electron chi connectivity index (χ3n) is 3.74. The molecule has 1 aliphatic heterocycles. The maximum absolute atomic E-state index is 12.0. The smallest absolute Gasteiger partial charge is 0.239 e. The molecule has 1 amide bonds. The van der Waals surface area contributed by atoms with Crippen molar-refractivity contribution >= 4 is 18.3 Å². The summed E-state index contributed by atoms with van der Waals surface area (Å²) in [5.74, 6) is 1.07. The summed E-state index contributed by atoms with van der Waals surface area (Å²) >= 11 is 0. The molecule has 94 valence electrons. The second-order valence-corrected chi connectivity index (χ2v) is 5.02. The SMILES string of the molecule is CN(CC1CCCC1)C(=O)[C@@H]1CCCN1.Cl. The third-order valence-corrected chi connectivity index (χ3v) is 3.74. The lowest BCUT2D eigenvalue weighted by molar-refractivity contribution is -0.132. The Kier molecular flexibility index (Phi) is 5.56. The summed E-state index contributed by atoms with van der Waals surface area (Å²) in [4.78, 5) is 13.9. The first-order valence-corrected chi connectivity index (χ1v) is 6.26. The number of carbonyl (C=O) groups excluding carboxylic acids is 1. The molecule has 1 N–H and O–H groups in total. The standard InChI is InChI=1S/C12H22N2O.ClH/c1-14(9-10-5-2-3-6-10)12(15)11-7-4-8-13-11;/h10-11,13H,2-9H2,1H3;1H/t11-;/m0./s1. The second kappa shape index (κ2) is 6.45. The van der Waals surface area contributed by atoms with Crippen LogP contribution in [0.2, 0.25) is 0 Å². The zero-order valence-electron chi connectivity index (χ0n) is 10.1. The van der Waals surface area contributed by atoms with Crippen molar-refractivity contribution in [3.8, 4) is 0 Å². The minimum atomic E-state index is 0. The summed E-state index contributed by atoms with van der Waals surface area (Å²) in [6, 6.07) is 0.108. The fourth-order valence-corrected chi connectivity index (χ4v) is 2.83. The van der Waals surface area contributed by atoms with Crippen LogP contribution in [0.15, 0.2) is 0 Å². The van der Waals surface area contributed by atoms with Gasteiger partial charge in [-0.15, -0.1) is 12.4 Å². The highest BCUT2D eigenvalue weighted by molar-refractivity contribution is 5.85. The topological polar surface area (TPSA) is 32.3 Å². The van der Waals surface area contributed by atoms with Crippen molar-refractivity contribution in [2.75, 3.05) is 20.1 Å². The Bertz CT molecular complexity index is 223. The van der Waals surface area contributed by atoms with Gasteiger partial charge in [-0.1, -0.05) is 12.8 Å². The van der Waals surface area contributed by atoms with E-state index in [0.29, 0.717) is 5.91 Å². The Morgan fingerprint density at radius 1 is 1.25 bits per heavy atom. The predicted octanol–water partition coefficient (Wildman–Crippen LogP) is 1.81. The predicted molar refractivity (Wildman–Crippen MR) is 67.9 cm³/mol. The van der Waals surface area contributed by atoms with Gasteiger partial charge in [-0.05, 0) is 38.1 Å². The molecule has 1 heterocycles. The van der Waals surface area contributed by atoms with Crippen LogP contribution in [-0.2, 0) is 4.79 Å². The van der Waals surface area contributed by atoms with Gasteiger partial charge < -0.3 is 10.2 Å². The molecule has 0 aromatic rings. The monoisotopic (exact) mass is 246 g/mol. The van der Waals surface area contributed by atoms with Crippen LogP contribution in [0.25, 0.3) is 0 Å². The van der Waals surface area contributed by atoms with Crippen LogP contribution < -0.4 is 5.32 Å². The Hall–Kier alpha value is -0.280. The van der Waals surface area contributed by atoms with Gasteiger partial charge in [0.2, 0.25) is 5.91 Å². The maximum atomic E-state index is 12.0. The van der Waals surface area contributed by atoms with E-state index in [4.69, 9.17) is 0 Å². The summed E-state index contributed by atoms with van der Waals surface area (Å²) in [6.45, 7) is 1.98. The third kappa shape index (κ3) is 3.36. The van der Waals surface area contributed by atoms with Crippen molar-refractivity contribution in [3.05, 3.63) is 0 Å². The Balaban J connectivity index is 0.00000128. The van der Waals surface area contributed by atoms with Crippen LogP contribution in [0.5, 0.6) is 0 Å². The zero-order valence-corrected chi connectivity index (χ0v) is 10.9. The van der Waals surface area contributed by atoms with E-state index in [1.54, 1.807) is 0 Å². The molecule has 2 rings (SSSR count). The number of hydrogen-bond acceptors (Lipinski definition) is 2. The molecule has 0 bridgehead atoms. The van der Waals surface area contributed by atoms with Gasteiger partial charge in [0.15, 0.2) is 0 Å². The fraction of sp³-hybridized carbons (Fsp3) is 0.917. The van der Waals surface area contributed by atoms with Crippen LogP contribution in [0.1, 0.15) is 38.5 Å². The molecule has 1 saturated carbocycles. The van der Waals surface area contributed by atoms with Gasteiger partial charge in [0.25, 0.3) is 0 Å². The molecule has 1 saturated heterocycles. The lowest BCUT2D eigenvalue weighted by atomic mass is 10.1. The Labute approximate surface area is 104 Å². The molecule has 1 aliphatic carbocycles. The van der Waals surface area contributed by atoms with Crippen molar-refractivity contribution in [1.29, 1.82) is 0 Å². The Morgan fingerprint density at radius 3 is 2.50 bits per heavy atom. The normalized spacial score (nSPS) is 25.4. The average molecular weight is 247 g/mol. The molecule has 0 radical (unpaired) electrons. The number of nitrogens with one attached hydrogen (secondary N) is 1. The molecular formula is C12H23ClN2O. The van der Waals surface area contributed by atoms with Crippen molar-refractivity contribution in [1.82, 2.24) is 10.2 Å². The molecule has 4 heteroatoms. The van der Waals surface area contributed by atoms with E-state index in [1.807, 2.05) is 11.9 Å². The van der Waals surface area contributed by atoms with E-state index in [9.17, 15) is 4.79 Å². The molecule has 0 unspecified atom stereocenters. The van der Waals surface area contributed by atoms with E-state index < -0.39 is 0 Å². The van der Waals surface area contributed by atoms with Gasteiger partial charge in [0, 0.05) is 13.6 Å². The summed E-state index contributed by atoms with van der Waals surface area (Å²) in [5, 5.41) is 3.27. The van der Waals surface area contributed by atoms with E-state index in [1.165, 1.54) is 25.7 Å². The highest BCUT2D eigenvalue weighted by Crippen LogP contribution is 2.25. The molecule has 2 fully saturated rings. The van der Waals surface area contributed by atoms with Crippen molar-refractivity contribution < 1.29 is 4.79 Å². The van der Waals surface area contributed by atoms with Crippen LogP contribution in [0.3, 0.4) is 0 Å². The molecular weight excluding hydrogens is 224 g/mol. The minimum Gasteiger partial charge on any atom is -0.344 e. The van der Waals surface area contributed by atoms with Gasteiger partial charge in [0.1, 0.15) is 0 Å². The van der Waals surface area contributed by atoms with Crippen molar-refractivity contribution in [2.45, 2.75) is 44.6 Å². The lowest BCUT2D eigenvalue weighted by Crippen LogP contribution is -2.43. The largest absolute Gasteiger partial charge is 0.344 e. The molecule has 16 heavy (non-hydrogen) atoms. The van der Waals surface area contributed by atoms with Gasteiger partial charge in [-0.2, -0.15) is 0 Å². The first-order valence-electron chi connectivity index (χ1n) is 6.26. The molecule has 1 atom stereocenters. The van der Waals surface area contributed by atoms with Crippen LogP contribution in [-0.4, -0.2) is 37.0 Å². The number of amides is 1. The molecule has 0 aromatic heterocycles. The number of carbonyl (C=O) groups is 1. The van der Waals surface area contributed by atoms with Crippen LogP contribution in [0, 0.1) is 5.92 Å². The summed E-state index contributed by atoms with van der Waals surface area (Å²) in [5.41, 5.74) is 0. The molecule has 3 nitrogen and oxygen atoms in total. The lowest BCUT2D eigenvalue weighted by Gasteiger charge is -2.24. The summed E-state index contributed by atoms with van der Waals surface area (Å²) < 4.78 is 0. The van der Waals surface area contributed by atoms with E-state index in [-0.39, 0.29) is 18.4 Å². The second-order valence-electron chi connectivity index (χ2n) is 5.02. The van der Waals surface area contributed by atoms with Gasteiger partial charge in [-0.3, -0.25) is 4.79 Å². The fourth-order valence-electron chi connectivity index (χ4n) is 2.83. The number of likely N-dealkylation sites (N-methyl/N-ethyl adjacent to an activating group) is 1. The minimum absolute atomic E-state index is 0. The highest BCUT2D eigenvalue weighted by atomic mass is 35.5. The van der Waals surface area contributed by atoms with E-state index in [2.05, 4.69) is 5.32 Å². The van der Waals surface area contributed by atoms with E-state index in [0.717, 1.165) is 31.8 Å². The number of hydrogen-bond donors (Lipinski definition) is 1. The quantitative estimate of drug-likeness (QED) is 0.824. The number of nitrogens with zero attached hydrogens (tertiary/aromatic N) is 1. The molecule has 2 aliphatic rings. The summed E-state index contributed by atoms with van der Waals surface area (Å²) in [7, 11) is 1.96. The number of rotatable bonds is 3. The van der Waals surface area contributed by atoms with E-state index >= 15 is 0 Å². The summed E-state index contributed by atoms with van der Waals surface area (Å²) in [6.07, 6.45) is 7.51. The van der Waals surface area contributed by atoms with Crippen molar-refractivity contribution in [2.24, 2.45) is 5.92 Å². The first kappa shape index (κ1) is 13.8.